The van der Waals surface area contributed by atoms with Gasteiger partial charge in [0.2, 0.25) is 0 Å². The van der Waals surface area contributed by atoms with Gasteiger partial charge in [0.15, 0.2) is 0 Å². The van der Waals surface area contributed by atoms with Gasteiger partial charge in [0, 0.05) is 6.54 Å². The zero-order valence-electron chi connectivity index (χ0n) is 10.9. The number of allylic oxidation sites excluding steroid dienone is 4. The second kappa shape index (κ2) is 4.81. The summed E-state index contributed by atoms with van der Waals surface area (Å²) in [6, 6.07) is 0. The molecule has 1 heterocycles. The van der Waals surface area contributed by atoms with E-state index in [1.54, 1.807) is 22.3 Å². The smallest absolute Gasteiger partial charge is 0.0144 e. The van der Waals surface area contributed by atoms with Gasteiger partial charge in [-0.25, -0.2) is 0 Å². The van der Waals surface area contributed by atoms with Crippen LogP contribution >= 0.6 is 0 Å². The summed E-state index contributed by atoms with van der Waals surface area (Å²) in [7, 11) is 0. The van der Waals surface area contributed by atoms with Crippen molar-refractivity contribution in [1.29, 1.82) is 0 Å². The molecule has 1 atom stereocenters. The highest BCUT2D eigenvalue weighted by molar-refractivity contribution is 5.56. The van der Waals surface area contributed by atoms with Gasteiger partial charge in [-0.3, -0.25) is 0 Å². The van der Waals surface area contributed by atoms with Gasteiger partial charge in [-0.1, -0.05) is 31.1 Å². The second-order valence-electron chi connectivity index (χ2n) is 5.55. The van der Waals surface area contributed by atoms with Crippen LogP contribution in [0.15, 0.2) is 34.4 Å². The van der Waals surface area contributed by atoms with Crippen molar-refractivity contribution in [2.24, 2.45) is 5.92 Å². The average Bonchev–Trinajstić information content (AvgIpc) is 2.61. The van der Waals surface area contributed by atoms with Crippen LogP contribution in [0.4, 0.5) is 0 Å². The van der Waals surface area contributed by atoms with E-state index in [9.17, 15) is 0 Å². The zero-order chi connectivity index (χ0) is 11.7. The molecule has 0 fully saturated rings. The molecular formula is C16H23N. The number of nitrogens with one attached hydrogen (secondary N) is 1. The third-order valence-electron chi connectivity index (χ3n) is 4.47. The Morgan fingerprint density at radius 2 is 2.24 bits per heavy atom. The zero-order valence-corrected chi connectivity index (χ0v) is 10.9. The summed E-state index contributed by atoms with van der Waals surface area (Å²) in [5, 5.41) is 3.49. The standard InChI is InChI=1S/C16H23N/c1-2-3-13-6-7-14-5-4-12-8-10-17-11-9-15(12)16(13)14/h4,9,13,17H,2-3,5-8,10-11H2,1H3. The lowest BCUT2D eigenvalue weighted by molar-refractivity contribution is 0.550. The van der Waals surface area contributed by atoms with E-state index in [1.165, 1.54) is 38.5 Å². The van der Waals surface area contributed by atoms with Crippen LogP contribution in [0, 0.1) is 5.92 Å². The molecule has 0 saturated carbocycles. The van der Waals surface area contributed by atoms with Crippen LogP contribution in [0.5, 0.6) is 0 Å². The van der Waals surface area contributed by atoms with Gasteiger partial charge in [-0.15, -0.1) is 0 Å². The fraction of sp³-hybridized carbons (Fsp3) is 0.625. The lowest BCUT2D eigenvalue weighted by atomic mass is 9.82. The van der Waals surface area contributed by atoms with Crippen LogP contribution in [0.2, 0.25) is 0 Å². The molecular weight excluding hydrogens is 206 g/mol. The third kappa shape index (κ3) is 2.01. The molecule has 0 saturated heterocycles. The van der Waals surface area contributed by atoms with Gasteiger partial charge in [0.1, 0.15) is 0 Å². The van der Waals surface area contributed by atoms with Crippen LogP contribution in [0.3, 0.4) is 0 Å². The van der Waals surface area contributed by atoms with Crippen molar-refractivity contribution < 1.29 is 0 Å². The van der Waals surface area contributed by atoms with Crippen molar-refractivity contribution in [2.75, 3.05) is 13.1 Å². The summed E-state index contributed by atoms with van der Waals surface area (Å²) >= 11 is 0. The highest BCUT2D eigenvalue weighted by Crippen LogP contribution is 2.46. The average molecular weight is 229 g/mol. The molecule has 3 rings (SSSR count). The normalized spacial score (nSPS) is 28.2. The molecule has 1 aliphatic heterocycles. The number of hydrogen-bond acceptors (Lipinski definition) is 1. The second-order valence-corrected chi connectivity index (χ2v) is 5.55. The SMILES string of the molecule is CCCC1CCC2=C1C1=CCNCCC1=CC2. The minimum atomic E-state index is 0.864. The summed E-state index contributed by atoms with van der Waals surface area (Å²) in [5.41, 5.74) is 6.75. The summed E-state index contributed by atoms with van der Waals surface area (Å²) < 4.78 is 0. The molecule has 92 valence electrons. The quantitative estimate of drug-likeness (QED) is 0.760. The first-order chi connectivity index (χ1) is 8.40. The molecule has 1 heteroatoms. The Balaban J connectivity index is 1.93. The van der Waals surface area contributed by atoms with E-state index in [0.717, 1.165) is 19.0 Å². The maximum Gasteiger partial charge on any atom is 0.0144 e. The Kier molecular flexibility index (Phi) is 3.19. The lowest BCUT2D eigenvalue weighted by Gasteiger charge is -2.23. The van der Waals surface area contributed by atoms with Crippen molar-refractivity contribution in [3.8, 4) is 0 Å². The fourth-order valence-corrected chi connectivity index (χ4v) is 3.68. The van der Waals surface area contributed by atoms with Gasteiger partial charge in [0.05, 0.1) is 0 Å². The molecule has 0 spiro atoms. The summed E-state index contributed by atoms with van der Waals surface area (Å²) in [4.78, 5) is 0. The number of rotatable bonds is 2. The first-order valence-corrected chi connectivity index (χ1v) is 7.22. The molecule has 0 aromatic heterocycles. The first-order valence-electron chi connectivity index (χ1n) is 7.22. The minimum absolute atomic E-state index is 0.864. The molecule has 1 nitrogen and oxygen atoms in total. The number of hydrogen-bond donors (Lipinski definition) is 1. The van der Waals surface area contributed by atoms with Crippen molar-refractivity contribution in [1.82, 2.24) is 5.32 Å². The highest BCUT2D eigenvalue weighted by Gasteiger charge is 2.30. The van der Waals surface area contributed by atoms with E-state index in [2.05, 4.69) is 24.4 Å². The highest BCUT2D eigenvalue weighted by atomic mass is 14.8. The monoisotopic (exact) mass is 229 g/mol. The summed E-state index contributed by atoms with van der Waals surface area (Å²) in [6.07, 6.45) is 12.9. The largest absolute Gasteiger partial charge is 0.313 e. The molecule has 1 unspecified atom stereocenters. The van der Waals surface area contributed by atoms with Gasteiger partial charge in [-0.2, -0.15) is 0 Å². The van der Waals surface area contributed by atoms with E-state index in [0.29, 0.717) is 0 Å². The maximum atomic E-state index is 3.49. The van der Waals surface area contributed by atoms with E-state index >= 15 is 0 Å². The molecule has 0 bridgehead atoms. The van der Waals surface area contributed by atoms with E-state index in [-0.39, 0.29) is 0 Å². The Bertz CT molecular complexity index is 398. The molecule has 0 amide bonds. The van der Waals surface area contributed by atoms with Gasteiger partial charge in [-0.05, 0) is 61.3 Å². The molecule has 0 radical (unpaired) electrons. The maximum absolute atomic E-state index is 3.49. The molecule has 0 aromatic rings. The molecule has 3 aliphatic rings. The van der Waals surface area contributed by atoms with E-state index in [1.807, 2.05) is 0 Å². The molecule has 0 aromatic carbocycles. The fourth-order valence-electron chi connectivity index (χ4n) is 3.68. The minimum Gasteiger partial charge on any atom is -0.313 e. The van der Waals surface area contributed by atoms with Gasteiger partial charge in [0.25, 0.3) is 0 Å². The van der Waals surface area contributed by atoms with Crippen LogP contribution in [-0.2, 0) is 0 Å². The van der Waals surface area contributed by atoms with Crippen LogP contribution in [-0.4, -0.2) is 13.1 Å². The Morgan fingerprint density at radius 1 is 1.29 bits per heavy atom. The van der Waals surface area contributed by atoms with Crippen molar-refractivity contribution in [2.45, 2.75) is 45.4 Å². The summed E-state index contributed by atoms with van der Waals surface area (Å²) in [5.74, 6) is 0.864. The Morgan fingerprint density at radius 3 is 3.12 bits per heavy atom. The number of fused-ring (bicyclic) bond motifs is 2. The topological polar surface area (TPSA) is 12.0 Å². The van der Waals surface area contributed by atoms with Crippen LogP contribution in [0.25, 0.3) is 0 Å². The van der Waals surface area contributed by atoms with Crippen LogP contribution in [0.1, 0.15) is 45.4 Å². The molecule has 1 N–H and O–H groups in total. The van der Waals surface area contributed by atoms with Crippen LogP contribution < -0.4 is 5.32 Å². The van der Waals surface area contributed by atoms with Crippen molar-refractivity contribution >= 4 is 0 Å². The lowest BCUT2D eigenvalue weighted by Crippen LogP contribution is -2.12. The summed E-state index contributed by atoms with van der Waals surface area (Å²) in [6.45, 7) is 4.52. The Hall–Kier alpha value is -0.820. The van der Waals surface area contributed by atoms with Gasteiger partial charge >= 0.3 is 0 Å². The van der Waals surface area contributed by atoms with Crippen molar-refractivity contribution in [3.63, 3.8) is 0 Å². The first kappa shape index (κ1) is 11.3. The van der Waals surface area contributed by atoms with Gasteiger partial charge < -0.3 is 5.32 Å². The molecule has 17 heavy (non-hydrogen) atoms. The third-order valence-corrected chi connectivity index (χ3v) is 4.47. The van der Waals surface area contributed by atoms with E-state index < -0.39 is 0 Å². The predicted octanol–water partition coefficient (Wildman–Crippen LogP) is 3.74. The van der Waals surface area contributed by atoms with E-state index in [4.69, 9.17) is 0 Å². The molecule has 2 aliphatic carbocycles. The van der Waals surface area contributed by atoms with Crippen molar-refractivity contribution in [3.05, 3.63) is 34.4 Å². The predicted molar refractivity (Wildman–Crippen MR) is 72.9 cm³/mol. The Labute approximate surface area is 105 Å².